The SMILES string of the molecule is O=C(O)c1ocnc1C1CCCCS1(=O)=O. The van der Waals surface area contributed by atoms with E-state index >= 15 is 0 Å². The molecule has 1 unspecified atom stereocenters. The van der Waals surface area contributed by atoms with Gasteiger partial charge in [0.2, 0.25) is 5.76 Å². The Morgan fingerprint density at radius 1 is 1.50 bits per heavy atom. The van der Waals surface area contributed by atoms with Crippen molar-refractivity contribution in [3.05, 3.63) is 17.8 Å². The van der Waals surface area contributed by atoms with Gasteiger partial charge in [0.15, 0.2) is 16.2 Å². The highest BCUT2D eigenvalue weighted by Gasteiger charge is 2.35. The van der Waals surface area contributed by atoms with Gasteiger partial charge in [-0.25, -0.2) is 18.2 Å². The molecule has 0 aliphatic carbocycles. The van der Waals surface area contributed by atoms with Gasteiger partial charge >= 0.3 is 5.97 Å². The lowest BCUT2D eigenvalue weighted by Crippen LogP contribution is -2.23. The lowest BCUT2D eigenvalue weighted by Gasteiger charge is -2.20. The van der Waals surface area contributed by atoms with Crippen LogP contribution >= 0.6 is 0 Å². The van der Waals surface area contributed by atoms with Crippen molar-refractivity contribution < 1.29 is 22.7 Å². The van der Waals surface area contributed by atoms with Gasteiger partial charge in [0.25, 0.3) is 0 Å². The number of hydrogen-bond donors (Lipinski definition) is 1. The molecule has 0 amide bonds. The van der Waals surface area contributed by atoms with Gasteiger partial charge in [0, 0.05) is 0 Å². The van der Waals surface area contributed by atoms with E-state index in [1.54, 1.807) is 0 Å². The summed E-state index contributed by atoms with van der Waals surface area (Å²) in [4.78, 5) is 14.5. The Morgan fingerprint density at radius 3 is 2.88 bits per heavy atom. The molecule has 2 heterocycles. The van der Waals surface area contributed by atoms with Gasteiger partial charge in [-0.1, -0.05) is 6.42 Å². The Balaban J connectivity index is 2.43. The van der Waals surface area contributed by atoms with E-state index in [4.69, 9.17) is 9.52 Å². The van der Waals surface area contributed by atoms with Crippen LogP contribution in [0, 0.1) is 0 Å². The number of oxazole rings is 1. The molecule has 1 aromatic heterocycles. The minimum atomic E-state index is -3.29. The lowest BCUT2D eigenvalue weighted by molar-refractivity contribution is 0.0660. The topological polar surface area (TPSA) is 97.5 Å². The van der Waals surface area contributed by atoms with Crippen molar-refractivity contribution in [1.29, 1.82) is 0 Å². The highest BCUT2D eigenvalue weighted by Crippen LogP contribution is 2.34. The molecule has 6 nitrogen and oxygen atoms in total. The summed E-state index contributed by atoms with van der Waals surface area (Å²) in [6.45, 7) is 0. The summed E-state index contributed by atoms with van der Waals surface area (Å²) in [7, 11) is -3.29. The van der Waals surface area contributed by atoms with Gasteiger partial charge in [-0.2, -0.15) is 0 Å². The zero-order valence-corrected chi connectivity index (χ0v) is 9.24. The minimum absolute atomic E-state index is 0.0344. The lowest BCUT2D eigenvalue weighted by atomic mass is 10.1. The molecule has 16 heavy (non-hydrogen) atoms. The fraction of sp³-hybridized carbons (Fsp3) is 0.556. The molecule has 1 saturated heterocycles. The van der Waals surface area contributed by atoms with Crippen LogP contribution in [0.4, 0.5) is 0 Å². The quantitative estimate of drug-likeness (QED) is 0.835. The van der Waals surface area contributed by atoms with Crippen LogP contribution in [0.5, 0.6) is 0 Å². The molecule has 2 rings (SSSR count). The summed E-state index contributed by atoms with van der Waals surface area (Å²) >= 11 is 0. The molecule has 7 heteroatoms. The van der Waals surface area contributed by atoms with Gasteiger partial charge in [-0.3, -0.25) is 0 Å². The maximum absolute atomic E-state index is 11.8. The van der Waals surface area contributed by atoms with E-state index in [0.29, 0.717) is 12.8 Å². The summed E-state index contributed by atoms with van der Waals surface area (Å²) in [5.41, 5.74) is 0.0344. The van der Waals surface area contributed by atoms with E-state index in [9.17, 15) is 13.2 Å². The normalized spacial score (nSPS) is 24.1. The van der Waals surface area contributed by atoms with Crippen LogP contribution in [0.1, 0.15) is 40.8 Å². The van der Waals surface area contributed by atoms with Crippen molar-refractivity contribution in [3.8, 4) is 0 Å². The van der Waals surface area contributed by atoms with E-state index < -0.39 is 21.1 Å². The van der Waals surface area contributed by atoms with Crippen LogP contribution in [-0.4, -0.2) is 30.2 Å². The number of aromatic carboxylic acids is 1. The number of rotatable bonds is 2. The predicted molar refractivity (Wildman–Crippen MR) is 53.8 cm³/mol. The first-order valence-corrected chi connectivity index (χ1v) is 6.62. The van der Waals surface area contributed by atoms with Crippen molar-refractivity contribution >= 4 is 15.8 Å². The zero-order valence-electron chi connectivity index (χ0n) is 8.42. The molecule has 1 aliphatic rings. The summed E-state index contributed by atoms with van der Waals surface area (Å²) in [6, 6.07) is 0. The van der Waals surface area contributed by atoms with E-state index in [2.05, 4.69) is 4.98 Å². The summed E-state index contributed by atoms with van der Waals surface area (Å²) in [5.74, 6) is -1.56. The molecular weight excluding hydrogens is 234 g/mol. The number of carbonyl (C=O) groups is 1. The maximum Gasteiger partial charge on any atom is 0.373 e. The van der Waals surface area contributed by atoms with E-state index in [1.165, 1.54) is 0 Å². The third kappa shape index (κ3) is 1.82. The Morgan fingerprint density at radius 2 is 2.25 bits per heavy atom. The Hall–Kier alpha value is -1.37. The third-order valence-electron chi connectivity index (χ3n) is 2.67. The monoisotopic (exact) mass is 245 g/mol. The number of hydrogen-bond acceptors (Lipinski definition) is 5. The molecule has 0 radical (unpaired) electrons. The van der Waals surface area contributed by atoms with Gasteiger partial charge < -0.3 is 9.52 Å². The number of aromatic nitrogens is 1. The standard InChI is InChI=1S/C9H11NO5S/c11-9(12)8-7(10-5-15-8)6-3-1-2-4-16(6,13)14/h5-6H,1-4H2,(H,11,12). The van der Waals surface area contributed by atoms with Crippen molar-refractivity contribution in [1.82, 2.24) is 4.98 Å². The average Bonchev–Trinajstić information content (AvgIpc) is 2.65. The second kappa shape index (κ2) is 3.89. The molecule has 1 N–H and O–H groups in total. The van der Waals surface area contributed by atoms with E-state index in [0.717, 1.165) is 12.8 Å². The Kier molecular flexibility index (Phi) is 2.71. The first kappa shape index (κ1) is 11.1. The zero-order chi connectivity index (χ0) is 11.8. The summed E-state index contributed by atoms with van der Waals surface area (Å²) in [5, 5.41) is 8.00. The predicted octanol–water partition coefficient (Wildman–Crippen LogP) is 1.01. The van der Waals surface area contributed by atoms with E-state index in [1.807, 2.05) is 0 Å². The number of carboxylic acids is 1. The fourth-order valence-electron chi connectivity index (χ4n) is 1.91. The van der Waals surface area contributed by atoms with Gasteiger partial charge in [0.1, 0.15) is 10.9 Å². The number of carboxylic acid groups (broad SMARTS) is 1. The molecule has 0 aromatic carbocycles. The molecular formula is C9H11NO5S. The molecule has 0 bridgehead atoms. The molecule has 1 aromatic rings. The van der Waals surface area contributed by atoms with Crippen LogP contribution < -0.4 is 0 Å². The van der Waals surface area contributed by atoms with Crippen LogP contribution in [0.15, 0.2) is 10.8 Å². The second-order valence-corrected chi connectivity index (χ2v) is 6.03. The van der Waals surface area contributed by atoms with Crippen LogP contribution in [0.3, 0.4) is 0 Å². The molecule has 0 saturated carbocycles. The summed E-state index contributed by atoms with van der Waals surface area (Å²) < 4.78 is 28.3. The van der Waals surface area contributed by atoms with Crippen LogP contribution in [0.25, 0.3) is 0 Å². The third-order valence-corrected chi connectivity index (χ3v) is 4.86. The molecule has 88 valence electrons. The molecule has 1 atom stereocenters. The smallest absolute Gasteiger partial charge is 0.373 e. The van der Waals surface area contributed by atoms with Crippen LogP contribution in [0.2, 0.25) is 0 Å². The first-order valence-electron chi connectivity index (χ1n) is 4.90. The number of nitrogens with zero attached hydrogens (tertiary/aromatic N) is 1. The Bertz CT molecular complexity index is 504. The van der Waals surface area contributed by atoms with Gasteiger partial charge in [0.05, 0.1) is 5.75 Å². The van der Waals surface area contributed by atoms with E-state index in [-0.39, 0.29) is 17.2 Å². The van der Waals surface area contributed by atoms with Crippen molar-refractivity contribution in [3.63, 3.8) is 0 Å². The highest BCUT2D eigenvalue weighted by atomic mass is 32.2. The number of sulfone groups is 1. The minimum Gasteiger partial charge on any atom is -0.475 e. The van der Waals surface area contributed by atoms with Crippen molar-refractivity contribution in [2.75, 3.05) is 5.75 Å². The summed E-state index contributed by atoms with van der Waals surface area (Å²) in [6.07, 6.45) is 2.77. The highest BCUT2D eigenvalue weighted by molar-refractivity contribution is 7.91. The molecule has 1 fully saturated rings. The largest absolute Gasteiger partial charge is 0.475 e. The Labute approximate surface area is 92.2 Å². The second-order valence-electron chi connectivity index (χ2n) is 3.72. The van der Waals surface area contributed by atoms with Crippen molar-refractivity contribution in [2.24, 2.45) is 0 Å². The average molecular weight is 245 g/mol. The van der Waals surface area contributed by atoms with Gasteiger partial charge in [-0.05, 0) is 12.8 Å². The van der Waals surface area contributed by atoms with Gasteiger partial charge in [-0.15, -0.1) is 0 Å². The maximum atomic E-state index is 11.8. The molecule has 1 aliphatic heterocycles. The fourth-order valence-corrected chi connectivity index (χ4v) is 3.83. The molecule has 0 spiro atoms. The van der Waals surface area contributed by atoms with Crippen LogP contribution in [-0.2, 0) is 9.84 Å². The first-order chi connectivity index (χ1) is 7.52. The van der Waals surface area contributed by atoms with Crippen molar-refractivity contribution in [2.45, 2.75) is 24.5 Å².